The van der Waals surface area contributed by atoms with Gasteiger partial charge in [0.05, 0.1) is 13.7 Å². The van der Waals surface area contributed by atoms with Crippen molar-refractivity contribution in [3.63, 3.8) is 0 Å². The Kier molecular flexibility index (Phi) is 4.85. The second-order valence-corrected chi connectivity index (χ2v) is 4.48. The lowest BCUT2D eigenvalue weighted by Gasteiger charge is -2.10. The Bertz CT molecular complexity index is 569. The van der Waals surface area contributed by atoms with Crippen molar-refractivity contribution in [2.45, 2.75) is 13.2 Å². The van der Waals surface area contributed by atoms with E-state index in [9.17, 15) is 0 Å². The van der Waals surface area contributed by atoms with Crippen molar-refractivity contribution in [1.82, 2.24) is 0 Å². The fourth-order valence-corrected chi connectivity index (χ4v) is 1.95. The van der Waals surface area contributed by atoms with E-state index < -0.39 is 0 Å². The van der Waals surface area contributed by atoms with Gasteiger partial charge in [-0.1, -0.05) is 12.1 Å². The SMILES string of the molecule is COCc1cccc(OCc2cc(N)cc(OC)c2)c1. The summed E-state index contributed by atoms with van der Waals surface area (Å²) in [5.41, 5.74) is 8.53. The Morgan fingerprint density at radius 1 is 0.900 bits per heavy atom. The van der Waals surface area contributed by atoms with E-state index in [1.54, 1.807) is 20.3 Å². The lowest BCUT2D eigenvalue weighted by atomic mass is 10.2. The molecule has 0 aliphatic heterocycles. The molecular weight excluding hydrogens is 254 g/mol. The molecule has 4 heteroatoms. The molecule has 0 aliphatic rings. The van der Waals surface area contributed by atoms with Crippen molar-refractivity contribution in [3.8, 4) is 11.5 Å². The molecule has 0 saturated carbocycles. The smallest absolute Gasteiger partial charge is 0.121 e. The van der Waals surface area contributed by atoms with Crippen LogP contribution in [0.15, 0.2) is 42.5 Å². The van der Waals surface area contributed by atoms with Gasteiger partial charge in [0, 0.05) is 18.9 Å². The summed E-state index contributed by atoms with van der Waals surface area (Å²) < 4.78 is 16.1. The molecule has 0 saturated heterocycles. The van der Waals surface area contributed by atoms with E-state index in [0.29, 0.717) is 18.9 Å². The molecule has 2 aromatic carbocycles. The van der Waals surface area contributed by atoms with Crippen molar-refractivity contribution in [3.05, 3.63) is 53.6 Å². The van der Waals surface area contributed by atoms with E-state index in [2.05, 4.69) is 0 Å². The monoisotopic (exact) mass is 273 g/mol. The van der Waals surface area contributed by atoms with Crippen LogP contribution >= 0.6 is 0 Å². The van der Waals surface area contributed by atoms with Gasteiger partial charge in [0.15, 0.2) is 0 Å². The summed E-state index contributed by atoms with van der Waals surface area (Å²) in [6.07, 6.45) is 0. The average molecular weight is 273 g/mol. The van der Waals surface area contributed by atoms with E-state index in [1.165, 1.54) is 0 Å². The molecule has 2 rings (SSSR count). The molecule has 0 atom stereocenters. The molecule has 0 aromatic heterocycles. The van der Waals surface area contributed by atoms with Crippen molar-refractivity contribution in [2.24, 2.45) is 0 Å². The van der Waals surface area contributed by atoms with Gasteiger partial charge in [-0.3, -0.25) is 0 Å². The Labute approximate surface area is 119 Å². The fraction of sp³-hybridized carbons (Fsp3) is 0.250. The number of benzene rings is 2. The molecule has 0 bridgehead atoms. The molecule has 0 amide bonds. The highest BCUT2D eigenvalue weighted by Crippen LogP contribution is 2.21. The zero-order valence-electron chi connectivity index (χ0n) is 11.8. The van der Waals surface area contributed by atoms with Gasteiger partial charge in [0.2, 0.25) is 0 Å². The number of rotatable bonds is 6. The van der Waals surface area contributed by atoms with Crippen LogP contribution in [0.4, 0.5) is 5.69 Å². The molecule has 20 heavy (non-hydrogen) atoms. The first-order valence-electron chi connectivity index (χ1n) is 6.35. The van der Waals surface area contributed by atoms with Crippen LogP contribution in [0.5, 0.6) is 11.5 Å². The highest BCUT2D eigenvalue weighted by Gasteiger charge is 2.02. The summed E-state index contributed by atoms with van der Waals surface area (Å²) in [6, 6.07) is 13.4. The topological polar surface area (TPSA) is 53.7 Å². The molecule has 2 N–H and O–H groups in total. The normalized spacial score (nSPS) is 10.3. The van der Waals surface area contributed by atoms with E-state index in [0.717, 1.165) is 22.6 Å². The molecule has 0 aliphatic carbocycles. The molecule has 2 aromatic rings. The Morgan fingerprint density at radius 3 is 2.45 bits per heavy atom. The van der Waals surface area contributed by atoms with Gasteiger partial charge in [-0.25, -0.2) is 0 Å². The molecule has 0 radical (unpaired) electrons. The number of nitrogens with two attached hydrogens (primary N) is 1. The Morgan fingerprint density at radius 2 is 1.70 bits per heavy atom. The molecule has 4 nitrogen and oxygen atoms in total. The highest BCUT2D eigenvalue weighted by molar-refractivity contribution is 5.47. The second-order valence-electron chi connectivity index (χ2n) is 4.48. The van der Waals surface area contributed by atoms with Gasteiger partial charge in [-0.15, -0.1) is 0 Å². The molecule has 106 valence electrons. The van der Waals surface area contributed by atoms with Crippen LogP contribution in [-0.2, 0) is 18.0 Å². The maximum atomic E-state index is 5.82. The van der Waals surface area contributed by atoms with Crippen molar-refractivity contribution < 1.29 is 14.2 Å². The van der Waals surface area contributed by atoms with Crippen molar-refractivity contribution in [1.29, 1.82) is 0 Å². The van der Waals surface area contributed by atoms with Gasteiger partial charge < -0.3 is 19.9 Å². The summed E-state index contributed by atoms with van der Waals surface area (Å²) in [5, 5.41) is 0. The number of hydrogen-bond donors (Lipinski definition) is 1. The zero-order chi connectivity index (χ0) is 14.4. The van der Waals surface area contributed by atoms with Gasteiger partial charge >= 0.3 is 0 Å². The Hall–Kier alpha value is -2.20. The summed E-state index contributed by atoms with van der Waals surface area (Å²) in [7, 11) is 3.29. The maximum Gasteiger partial charge on any atom is 0.121 e. The van der Waals surface area contributed by atoms with Crippen LogP contribution in [0.3, 0.4) is 0 Å². The zero-order valence-corrected chi connectivity index (χ0v) is 11.8. The van der Waals surface area contributed by atoms with Crippen LogP contribution in [0.25, 0.3) is 0 Å². The summed E-state index contributed by atoms with van der Waals surface area (Å²) in [4.78, 5) is 0. The third-order valence-electron chi connectivity index (χ3n) is 2.84. The largest absolute Gasteiger partial charge is 0.497 e. The van der Waals surface area contributed by atoms with Crippen LogP contribution in [0.1, 0.15) is 11.1 Å². The average Bonchev–Trinajstić information content (AvgIpc) is 2.45. The van der Waals surface area contributed by atoms with Crippen LogP contribution < -0.4 is 15.2 Å². The predicted octanol–water partition coefficient (Wildman–Crippen LogP) is 3.00. The number of nitrogen functional groups attached to an aromatic ring is 1. The van der Waals surface area contributed by atoms with Crippen LogP contribution in [0, 0.1) is 0 Å². The number of methoxy groups -OCH3 is 2. The fourth-order valence-electron chi connectivity index (χ4n) is 1.95. The third-order valence-corrected chi connectivity index (χ3v) is 2.84. The van der Waals surface area contributed by atoms with Crippen LogP contribution in [-0.4, -0.2) is 14.2 Å². The van der Waals surface area contributed by atoms with Gasteiger partial charge in [0.1, 0.15) is 18.1 Å². The molecule has 0 spiro atoms. The van der Waals surface area contributed by atoms with Gasteiger partial charge in [-0.2, -0.15) is 0 Å². The first kappa shape index (κ1) is 14.2. The quantitative estimate of drug-likeness (QED) is 0.822. The Balaban J connectivity index is 2.04. The minimum Gasteiger partial charge on any atom is -0.497 e. The molecule has 0 unspecified atom stereocenters. The second kappa shape index (κ2) is 6.82. The van der Waals surface area contributed by atoms with E-state index >= 15 is 0 Å². The first-order chi connectivity index (χ1) is 9.71. The summed E-state index contributed by atoms with van der Waals surface area (Å²) >= 11 is 0. The van der Waals surface area contributed by atoms with Gasteiger partial charge in [0.25, 0.3) is 0 Å². The standard InChI is InChI=1S/C16H19NO3/c1-18-10-12-4-3-5-15(7-12)20-11-13-6-14(17)9-16(8-13)19-2/h3-9H,10-11,17H2,1-2H3. The van der Waals surface area contributed by atoms with E-state index in [4.69, 9.17) is 19.9 Å². The maximum absolute atomic E-state index is 5.82. The minimum absolute atomic E-state index is 0.442. The summed E-state index contributed by atoms with van der Waals surface area (Å²) in [6.45, 7) is 1.02. The predicted molar refractivity (Wildman–Crippen MR) is 78.9 cm³/mol. The van der Waals surface area contributed by atoms with E-state index in [-0.39, 0.29) is 0 Å². The lowest BCUT2D eigenvalue weighted by molar-refractivity contribution is 0.184. The molecular formula is C16H19NO3. The van der Waals surface area contributed by atoms with Gasteiger partial charge in [-0.05, 0) is 35.4 Å². The third kappa shape index (κ3) is 3.90. The number of ether oxygens (including phenoxy) is 3. The number of hydrogen-bond acceptors (Lipinski definition) is 4. The van der Waals surface area contributed by atoms with Crippen molar-refractivity contribution >= 4 is 5.69 Å². The molecule has 0 heterocycles. The van der Waals surface area contributed by atoms with Crippen molar-refractivity contribution in [2.75, 3.05) is 20.0 Å². The first-order valence-corrected chi connectivity index (χ1v) is 6.35. The number of anilines is 1. The summed E-state index contributed by atoms with van der Waals surface area (Å²) in [5.74, 6) is 1.54. The minimum atomic E-state index is 0.442. The van der Waals surface area contributed by atoms with E-state index in [1.807, 2.05) is 36.4 Å². The lowest BCUT2D eigenvalue weighted by Crippen LogP contribution is -1.99. The molecule has 0 fully saturated rings. The van der Waals surface area contributed by atoms with Crippen LogP contribution in [0.2, 0.25) is 0 Å². The highest BCUT2D eigenvalue weighted by atomic mass is 16.5.